The first-order valence-corrected chi connectivity index (χ1v) is 9.33. The Kier molecular flexibility index (Phi) is 7.05. The largest absolute Gasteiger partial charge is 0.493 e. The number of benzene rings is 1. The van der Waals surface area contributed by atoms with Crippen LogP contribution in [-0.2, 0) is 14.3 Å². The smallest absolute Gasteiger partial charge is 0.326 e. The first kappa shape index (κ1) is 20.3. The Morgan fingerprint density at radius 3 is 2.69 bits per heavy atom. The summed E-state index contributed by atoms with van der Waals surface area (Å²) in [7, 11) is 1.56. The van der Waals surface area contributed by atoms with E-state index in [9.17, 15) is 9.59 Å². The third-order valence-electron chi connectivity index (χ3n) is 3.31. The third-order valence-corrected chi connectivity index (χ3v) is 4.69. The van der Waals surface area contributed by atoms with Gasteiger partial charge in [0.2, 0.25) is 0 Å². The van der Waals surface area contributed by atoms with Gasteiger partial charge in [-0.25, -0.2) is 0 Å². The highest BCUT2D eigenvalue weighted by molar-refractivity contribution is 8.26. The Morgan fingerprint density at radius 1 is 1.35 bits per heavy atom. The zero-order valence-electron chi connectivity index (χ0n) is 15.1. The summed E-state index contributed by atoms with van der Waals surface area (Å²) in [4.78, 5) is 25.8. The minimum Gasteiger partial charge on any atom is -0.493 e. The van der Waals surface area contributed by atoms with Gasteiger partial charge in [-0.2, -0.15) is 0 Å². The van der Waals surface area contributed by atoms with Crippen molar-refractivity contribution < 1.29 is 23.8 Å². The number of esters is 1. The molecule has 26 heavy (non-hydrogen) atoms. The first-order valence-electron chi connectivity index (χ1n) is 8.11. The van der Waals surface area contributed by atoms with E-state index in [4.69, 9.17) is 26.4 Å². The molecule has 0 unspecified atom stereocenters. The molecule has 0 spiro atoms. The van der Waals surface area contributed by atoms with Crippen LogP contribution < -0.4 is 9.47 Å². The number of nitrogens with zero attached hydrogens (tertiary/aromatic N) is 1. The second kappa shape index (κ2) is 9.05. The van der Waals surface area contributed by atoms with Gasteiger partial charge in [0.15, 0.2) is 11.5 Å². The van der Waals surface area contributed by atoms with Crippen molar-refractivity contribution in [1.82, 2.24) is 4.90 Å². The van der Waals surface area contributed by atoms with Crippen molar-refractivity contribution in [2.45, 2.75) is 26.9 Å². The van der Waals surface area contributed by atoms with Crippen LogP contribution in [0.2, 0.25) is 0 Å². The van der Waals surface area contributed by atoms with Gasteiger partial charge in [0, 0.05) is 0 Å². The molecule has 1 aromatic carbocycles. The van der Waals surface area contributed by atoms with Crippen LogP contribution in [0, 0.1) is 0 Å². The van der Waals surface area contributed by atoms with E-state index in [1.165, 1.54) is 4.90 Å². The number of thioether (sulfide) groups is 1. The van der Waals surface area contributed by atoms with Crippen LogP contribution in [-0.4, -0.2) is 47.5 Å². The highest BCUT2D eigenvalue weighted by Gasteiger charge is 2.33. The quantitative estimate of drug-likeness (QED) is 0.399. The Bertz CT molecular complexity index is 745. The molecule has 0 saturated carbocycles. The van der Waals surface area contributed by atoms with Crippen molar-refractivity contribution in [2.24, 2.45) is 0 Å². The second-order valence-corrected chi connectivity index (χ2v) is 7.33. The second-order valence-electron chi connectivity index (χ2n) is 5.65. The molecule has 6 nitrogen and oxygen atoms in total. The van der Waals surface area contributed by atoms with Gasteiger partial charge in [0.05, 0.1) is 24.7 Å². The minimum atomic E-state index is -0.484. The highest BCUT2D eigenvalue weighted by atomic mass is 32.2. The predicted molar refractivity (Wildman–Crippen MR) is 105 cm³/mol. The van der Waals surface area contributed by atoms with Gasteiger partial charge < -0.3 is 14.2 Å². The van der Waals surface area contributed by atoms with Crippen molar-refractivity contribution in [3.63, 3.8) is 0 Å². The topological polar surface area (TPSA) is 65.1 Å². The van der Waals surface area contributed by atoms with E-state index in [0.717, 1.165) is 17.3 Å². The number of hydrogen-bond acceptors (Lipinski definition) is 7. The molecule has 0 N–H and O–H groups in total. The number of amides is 1. The molecule has 140 valence electrons. The summed E-state index contributed by atoms with van der Waals surface area (Å²) in [5.74, 6) is 0.417. The summed E-state index contributed by atoms with van der Waals surface area (Å²) in [6.07, 6.45) is 1.74. The molecule has 0 aliphatic carbocycles. The molecule has 8 heteroatoms. The monoisotopic (exact) mass is 395 g/mol. The molecule has 2 rings (SSSR count). The SMILES string of the molecule is CCOC(=O)CN1C(=O)/C(=C/c2ccc(OC(C)C)c(OC)c2)SC1=S. The molecule has 0 bridgehead atoms. The predicted octanol–water partition coefficient (Wildman–Crippen LogP) is 3.25. The van der Waals surface area contributed by atoms with Crippen LogP contribution in [0.15, 0.2) is 23.1 Å². The maximum absolute atomic E-state index is 12.5. The zero-order chi connectivity index (χ0) is 19.3. The normalized spacial score (nSPS) is 15.7. The van der Waals surface area contributed by atoms with Crippen LogP contribution in [0.25, 0.3) is 6.08 Å². The molecular formula is C18H21NO5S2. The van der Waals surface area contributed by atoms with Gasteiger partial charge >= 0.3 is 5.97 Å². The molecule has 0 atom stereocenters. The van der Waals surface area contributed by atoms with Crippen LogP contribution in [0.4, 0.5) is 0 Å². The van der Waals surface area contributed by atoms with Gasteiger partial charge in [-0.1, -0.05) is 30.0 Å². The number of thiocarbonyl (C=S) groups is 1. The molecule has 0 aromatic heterocycles. The van der Waals surface area contributed by atoms with E-state index < -0.39 is 5.97 Å². The first-order chi connectivity index (χ1) is 12.3. The fourth-order valence-corrected chi connectivity index (χ4v) is 3.50. The van der Waals surface area contributed by atoms with Crippen LogP contribution >= 0.6 is 24.0 Å². The Labute approximate surface area is 162 Å². The van der Waals surface area contributed by atoms with Crippen molar-refractivity contribution in [3.05, 3.63) is 28.7 Å². The van der Waals surface area contributed by atoms with Crippen LogP contribution in [0.1, 0.15) is 26.3 Å². The number of rotatable bonds is 7. The van der Waals surface area contributed by atoms with Crippen LogP contribution in [0.5, 0.6) is 11.5 Å². The molecule has 1 aliphatic rings. The summed E-state index contributed by atoms with van der Waals surface area (Å²) in [5, 5.41) is 0. The lowest BCUT2D eigenvalue weighted by Gasteiger charge is -2.14. The molecule has 1 amide bonds. The van der Waals surface area contributed by atoms with Gasteiger partial charge in [-0.05, 0) is 44.5 Å². The van der Waals surface area contributed by atoms with Gasteiger partial charge in [-0.15, -0.1) is 0 Å². The summed E-state index contributed by atoms with van der Waals surface area (Å²) in [6.45, 7) is 5.65. The number of carbonyl (C=O) groups is 2. The number of methoxy groups -OCH3 is 1. The van der Waals surface area contributed by atoms with Gasteiger partial charge in [-0.3, -0.25) is 14.5 Å². The maximum Gasteiger partial charge on any atom is 0.326 e. The van der Waals surface area contributed by atoms with Crippen molar-refractivity contribution in [1.29, 1.82) is 0 Å². The zero-order valence-corrected chi connectivity index (χ0v) is 16.7. The van der Waals surface area contributed by atoms with Gasteiger partial charge in [0.1, 0.15) is 10.9 Å². The average Bonchev–Trinajstić information content (AvgIpc) is 2.83. The lowest BCUT2D eigenvalue weighted by molar-refractivity contribution is -0.145. The fourth-order valence-electron chi connectivity index (χ4n) is 2.25. The summed E-state index contributed by atoms with van der Waals surface area (Å²) in [6, 6.07) is 5.41. The van der Waals surface area contributed by atoms with Crippen LogP contribution in [0.3, 0.4) is 0 Å². The van der Waals surface area contributed by atoms with E-state index in [0.29, 0.717) is 20.7 Å². The van der Waals surface area contributed by atoms with Crippen molar-refractivity contribution >= 4 is 46.3 Å². The van der Waals surface area contributed by atoms with Crippen molar-refractivity contribution in [2.75, 3.05) is 20.3 Å². The fraction of sp³-hybridized carbons (Fsp3) is 0.389. The minimum absolute atomic E-state index is 0.0221. The molecule has 1 fully saturated rings. The van der Waals surface area contributed by atoms with E-state index in [2.05, 4.69) is 0 Å². The Hall–Kier alpha value is -2.06. The molecule has 1 saturated heterocycles. The lowest BCUT2D eigenvalue weighted by Crippen LogP contribution is -2.34. The number of hydrogen-bond donors (Lipinski definition) is 0. The molecular weight excluding hydrogens is 374 g/mol. The highest BCUT2D eigenvalue weighted by Crippen LogP contribution is 2.34. The average molecular weight is 396 g/mol. The number of ether oxygens (including phenoxy) is 3. The van der Waals surface area contributed by atoms with Crippen molar-refractivity contribution in [3.8, 4) is 11.5 Å². The third kappa shape index (κ3) is 4.98. The Morgan fingerprint density at radius 2 is 2.08 bits per heavy atom. The summed E-state index contributed by atoms with van der Waals surface area (Å²) < 4.78 is 16.3. The molecule has 1 aromatic rings. The lowest BCUT2D eigenvalue weighted by atomic mass is 10.2. The maximum atomic E-state index is 12.5. The summed E-state index contributed by atoms with van der Waals surface area (Å²) >= 11 is 6.36. The van der Waals surface area contributed by atoms with Gasteiger partial charge in [0.25, 0.3) is 5.91 Å². The standard InChI is InChI=1S/C18H21NO5S2/c1-5-23-16(20)10-19-17(21)15(26-18(19)25)9-12-6-7-13(24-11(2)3)14(8-12)22-4/h6-9,11H,5,10H2,1-4H3/b15-9-. The van der Waals surface area contributed by atoms with E-state index in [1.807, 2.05) is 19.9 Å². The Balaban J connectivity index is 2.20. The molecule has 0 radical (unpaired) electrons. The summed E-state index contributed by atoms with van der Waals surface area (Å²) in [5.41, 5.74) is 0.773. The van der Waals surface area contributed by atoms with E-state index in [-0.39, 0.29) is 25.2 Å². The van der Waals surface area contributed by atoms with E-state index in [1.54, 1.807) is 32.2 Å². The number of carbonyl (C=O) groups excluding carboxylic acids is 2. The van der Waals surface area contributed by atoms with E-state index >= 15 is 0 Å². The molecule has 1 aliphatic heterocycles. The molecule has 1 heterocycles.